The molecule has 0 amide bonds. The van der Waals surface area contributed by atoms with Crippen LogP contribution in [0.5, 0.6) is 0 Å². The van der Waals surface area contributed by atoms with Crippen LogP contribution in [0.15, 0.2) is 16.8 Å². The molecule has 0 fully saturated rings. The Hall–Kier alpha value is -2.11. The molecule has 6 heteroatoms. The smallest absolute Gasteiger partial charge is 0.344 e. The minimum atomic E-state index is -0.428. The summed E-state index contributed by atoms with van der Waals surface area (Å²) in [7, 11) is 1.77. The fraction of sp³-hybridized carbons (Fsp3) is 0.364. The van der Waals surface area contributed by atoms with Crippen LogP contribution in [0.1, 0.15) is 23.0 Å². The van der Waals surface area contributed by atoms with E-state index in [0.29, 0.717) is 29.3 Å². The quantitative estimate of drug-likeness (QED) is 0.755. The maximum atomic E-state index is 11.8. The summed E-state index contributed by atoms with van der Waals surface area (Å²) in [6, 6.07) is 1.76. The molecule has 0 aliphatic rings. The van der Waals surface area contributed by atoms with Crippen molar-refractivity contribution in [1.82, 2.24) is 14.9 Å². The topological polar surface area (TPSA) is 70.2 Å². The molecule has 6 nitrogen and oxygen atoms in total. The van der Waals surface area contributed by atoms with E-state index in [1.54, 1.807) is 37.8 Å². The number of aryl methyl sites for hydroxylation is 2. The highest BCUT2D eigenvalue weighted by Gasteiger charge is 2.24. The normalized spacial score (nSPS) is 10.5. The lowest BCUT2D eigenvalue weighted by Gasteiger charge is -2.02. The molecule has 0 bridgehead atoms. The predicted molar refractivity (Wildman–Crippen MR) is 59.4 cm³/mol. The molecule has 0 N–H and O–H groups in total. The highest BCUT2D eigenvalue weighted by atomic mass is 16.5. The highest BCUT2D eigenvalue weighted by molar-refractivity contribution is 5.96. The van der Waals surface area contributed by atoms with E-state index in [9.17, 15) is 4.79 Å². The first-order valence-electron chi connectivity index (χ1n) is 5.27. The van der Waals surface area contributed by atoms with Gasteiger partial charge in [-0.3, -0.25) is 4.68 Å². The lowest BCUT2D eigenvalue weighted by Crippen LogP contribution is -2.07. The molecule has 0 saturated heterocycles. The maximum Gasteiger partial charge on any atom is 0.344 e. The Balaban J connectivity index is 2.50. The molecule has 90 valence electrons. The van der Waals surface area contributed by atoms with E-state index in [4.69, 9.17) is 9.26 Å². The van der Waals surface area contributed by atoms with E-state index < -0.39 is 5.97 Å². The van der Waals surface area contributed by atoms with E-state index in [1.807, 2.05) is 0 Å². The molecule has 2 aromatic heterocycles. The minimum absolute atomic E-state index is 0.314. The largest absolute Gasteiger partial charge is 0.462 e. The summed E-state index contributed by atoms with van der Waals surface area (Å²) in [4.78, 5) is 11.8. The second kappa shape index (κ2) is 4.40. The average molecular weight is 235 g/mol. The van der Waals surface area contributed by atoms with Crippen LogP contribution in [-0.4, -0.2) is 27.5 Å². The number of esters is 1. The second-order valence-electron chi connectivity index (χ2n) is 3.52. The molecule has 0 aliphatic carbocycles. The van der Waals surface area contributed by atoms with Gasteiger partial charge in [-0.2, -0.15) is 5.10 Å². The molecule has 2 aromatic rings. The zero-order valence-electron chi connectivity index (χ0n) is 9.93. The van der Waals surface area contributed by atoms with Crippen molar-refractivity contribution in [3.05, 3.63) is 23.6 Å². The van der Waals surface area contributed by atoms with Gasteiger partial charge in [0.2, 0.25) is 0 Å². The van der Waals surface area contributed by atoms with E-state index in [0.717, 1.165) is 0 Å². The standard InChI is InChI=1S/C11H13N3O3/c1-4-16-11(15)9-7(2)17-13-10(9)8-5-6-12-14(8)3/h5-6H,4H2,1-3H3. The number of carbonyl (C=O) groups is 1. The third-order valence-corrected chi connectivity index (χ3v) is 2.41. The van der Waals surface area contributed by atoms with Crippen molar-refractivity contribution >= 4 is 5.97 Å². The summed E-state index contributed by atoms with van der Waals surface area (Å²) >= 11 is 0. The van der Waals surface area contributed by atoms with Crippen LogP contribution in [-0.2, 0) is 11.8 Å². The molecule has 0 spiro atoms. The molecular formula is C11H13N3O3. The zero-order valence-corrected chi connectivity index (χ0v) is 9.93. The molecular weight excluding hydrogens is 222 g/mol. The summed E-state index contributed by atoms with van der Waals surface area (Å²) in [6.07, 6.45) is 1.63. The molecule has 0 saturated carbocycles. The van der Waals surface area contributed by atoms with Crippen LogP contribution < -0.4 is 0 Å². The average Bonchev–Trinajstić information content (AvgIpc) is 2.84. The van der Waals surface area contributed by atoms with Gasteiger partial charge < -0.3 is 9.26 Å². The number of aromatic nitrogens is 3. The predicted octanol–water partition coefficient (Wildman–Crippen LogP) is 1.56. The monoisotopic (exact) mass is 235 g/mol. The Morgan fingerprint density at radius 3 is 2.94 bits per heavy atom. The summed E-state index contributed by atoms with van der Waals surface area (Å²) in [6.45, 7) is 3.75. The van der Waals surface area contributed by atoms with Crippen molar-refractivity contribution < 1.29 is 14.1 Å². The van der Waals surface area contributed by atoms with Crippen molar-refractivity contribution in [3.8, 4) is 11.4 Å². The van der Waals surface area contributed by atoms with Crippen LogP contribution in [0.25, 0.3) is 11.4 Å². The molecule has 0 radical (unpaired) electrons. The van der Waals surface area contributed by atoms with Crippen LogP contribution in [0, 0.1) is 6.92 Å². The fourth-order valence-electron chi connectivity index (χ4n) is 1.60. The number of ether oxygens (including phenoxy) is 1. The van der Waals surface area contributed by atoms with Gasteiger partial charge in [0.15, 0.2) is 0 Å². The van der Waals surface area contributed by atoms with Gasteiger partial charge in [-0.1, -0.05) is 5.16 Å². The first kappa shape index (κ1) is 11.4. The third-order valence-electron chi connectivity index (χ3n) is 2.41. The van der Waals surface area contributed by atoms with E-state index >= 15 is 0 Å². The van der Waals surface area contributed by atoms with Crippen molar-refractivity contribution in [2.45, 2.75) is 13.8 Å². The second-order valence-corrected chi connectivity index (χ2v) is 3.52. The van der Waals surface area contributed by atoms with Gasteiger partial charge in [0.05, 0.1) is 12.3 Å². The van der Waals surface area contributed by atoms with Gasteiger partial charge in [-0.05, 0) is 19.9 Å². The maximum absolute atomic E-state index is 11.8. The summed E-state index contributed by atoms with van der Waals surface area (Å²) < 4.78 is 11.7. The number of rotatable bonds is 3. The molecule has 2 rings (SSSR count). The van der Waals surface area contributed by atoms with Crippen molar-refractivity contribution in [2.24, 2.45) is 7.05 Å². The Morgan fingerprint density at radius 1 is 1.59 bits per heavy atom. The highest BCUT2D eigenvalue weighted by Crippen LogP contribution is 2.25. The number of carbonyl (C=O) groups excluding carboxylic acids is 1. The Bertz CT molecular complexity index is 542. The SMILES string of the molecule is CCOC(=O)c1c(-c2ccnn2C)noc1C. The van der Waals surface area contributed by atoms with Gasteiger partial charge in [-0.25, -0.2) is 4.79 Å². The Kier molecular flexibility index (Phi) is 2.95. The van der Waals surface area contributed by atoms with Gasteiger partial charge in [-0.15, -0.1) is 0 Å². The van der Waals surface area contributed by atoms with E-state index in [-0.39, 0.29) is 0 Å². The molecule has 0 aliphatic heterocycles. The van der Waals surface area contributed by atoms with Crippen LogP contribution in [0.4, 0.5) is 0 Å². The summed E-state index contributed by atoms with van der Waals surface area (Å²) in [5.74, 6) is 0.0158. The van der Waals surface area contributed by atoms with E-state index in [1.165, 1.54) is 0 Å². The minimum Gasteiger partial charge on any atom is -0.462 e. The molecule has 0 aromatic carbocycles. The zero-order chi connectivity index (χ0) is 12.4. The number of hydrogen-bond donors (Lipinski definition) is 0. The number of hydrogen-bond acceptors (Lipinski definition) is 5. The van der Waals surface area contributed by atoms with Crippen molar-refractivity contribution in [2.75, 3.05) is 6.61 Å². The molecule has 0 atom stereocenters. The van der Waals surface area contributed by atoms with E-state index in [2.05, 4.69) is 10.3 Å². The summed E-state index contributed by atoms with van der Waals surface area (Å²) in [5.41, 5.74) is 1.53. The third kappa shape index (κ3) is 1.93. The lowest BCUT2D eigenvalue weighted by atomic mass is 10.1. The lowest BCUT2D eigenvalue weighted by molar-refractivity contribution is 0.0525. The van der Waals surface area contributed by atoms with Crippen LogP contribution in [0.2, 0.25) is 0 Å². The Labute approximate surface area is 98.2 Å². The van der Waals surface area contributed by atoms with Crippen LogP contribution >= 0.6 is 0 Å². The fourth-order valence-corrected chi connectivity index (χ4v) is 1.60. The van der Waals surface area contributed by atoms with Gasteiger partial charge in [0.1, 0.15) is 17.0 Å². The van der Waals surface area contributed by atoms with Crippen LogP contribution in [0.3, 0.4) is 0 Å². The van der Waals surface area contributed by atoms with Gasteiger partial charge >= 0.3 is 5.97 Å². The molecule has 2 heterocycles. The Morgan fingerprint density at radius 2 is 2.35 bits per heavy atom. The van der Waals surface area contributed by atoms with Gasteiger partial charge in [0.25, 0.3) is 0 Å². The summed E-state index contributed by atoms with van der Waals surface area (Å²) in [5, 5.41) is 7.92. The van der Waals surface area contributed by atoms with Crippen molar-refractivity contribution in [1.29, 1.82) is 0 Å². The molecule has 0 unspecified atom stereocenters. The first-order valence-corrected chi connectivity index (χ1v) is 5.27. The number of nitrogens with zero attached hydrogens (tertiary/aromatic N) is 3. The molecule has 17 heavy (non-hydrogen) atoms. The van der Waals surface area contributed by atoms with Gasteiger partial charge in [0, 0.05) is 13.2 Å². The van der Waals surface area contributed by atoms with Crippen molar-refractivity contribution in [3.63, 3.8) is 0 Å². The first-order chi connectivity index (χ1) is 8.15.